The van der Waals surface area contributed by atoms with Gasteiger partial charge >= 0.3 is 5.97 Å². The van der Waals surface area contributed by atoms with Crippen LogP contribution in [0.1, 0.15) is 44.8 Å². The predicted molar refractivity (Wildman–Crippen MR) is 71.3 cm³/mol. The first kappa shape index (κ1) is 14.7. The molecule has 0 saturated heterocycles. The van der Waals surface area contributed by atoms with Crippen LogP contribution < -0.4 is 0 Å². The van der Waals surface area contributed by atoms with Crippen LogP contribution in [-0.2, 0) is 14.3 Å². The van der Waals surface area contributed by atoms with E-state index in [1.165, 1.54) is 0 Å². The van der Waals surface area contributed by atoms with Crippen molar-refractivity contribution < 1.29 is 14.3 Å². The highest BCUT2D eigenvalue weighted by Gasteiger charge is 2.22. The summed E-state index contributed by atoms with van der Waals surface area (Å²) in [4.78, 5) is 12.0. The van der Waals surface area contributed by atoms with Crippen LogP contribution in [0.5, 0.6) is 0 Å². The summed E-state index contributed by atoms with van der Waals surface area (Å²) in [6, 6.07) is 9.50. The first-order chi connectivity index (χ1) is 8.79. The molecule has 1 aromatic carbocycles. The Hall–Kier alpha value is -1.35. The molecule has 0 radical (unpaired) electrons. The number of ether oxygens (including phenoxy) is 2. The highest BCUT2D eigenvalue weighted by molar-refractivity contribution is 5.76. The minimum absolute atomic E-state index is 0.289. The fourth-order valence-corrected chi connectivity index (χ4v) is 1.56. The number of hydrogen-bond acceptors (Lipinski definition) is 3. The smallest absolute Gasteiger partial charge is 0.339 e. The molecular formula is C15H22O3. The van der Waals surface area contributed by atoms with Gasteiger partial charge in [0, 0.05) is 6.61 Å². The Morgan fingerprint density at radius 1 is 1.11 bits per heavy atom. The average Bonchev–Trinajstić information content (AvgIpc) is 2.41. The minimum Gasteiger partial charge on any atom is -0.464 e. The summed E-state index contributed by atoms with van der Waals surface area (Å²) in [7, 11) is 0. The van der Waals surface area contributed by atoms with E-state index in [1.807, 2.05) is 37.3 Å². The molecule has 0 fully saturated rings. The molecule has 1 rings (SSSR count). The summed E-state index contributed by atoms with van der Waals surface area (Å²) in [6.07, 6.45) is 2.19. The van der Waals surface area contributed by atoms with Crippen molar-refractivity contribution in [3.8, 4) is 0 Å². The SMILES string of the molecule is CCCCOC(=O)C(OCCC)c1ccccc1. The average molecular weight is 250 g/mol. The Bertz CT molecular complexity index is 335. The second-order valence-corrected chi connectivity index (χ2v) is 4.18. The van der Waals surface area contributed by atoms with E-state index in [4.69, 9.17) is 9.47 Å². The number of hydrogen-bond donors (Lipinski definition) is 0. The van der Waals surface area contributed by atoms with Crippen LogP contribution in [0.4, 0.5) is 0 Å². The predicted octanol–water partition coefficient (Wildman–Crippen LogP) is 3.50. The molecule has 0 saturated carbocycles. The van der Waals surface area contributed by atoms with Gasteiger partial charge in [0.15, 0.2) is 6.10 Å². The molecule has 18 heavy (non-hydrogen) atoms. The zero-order chi connectivity index (χ0) is 13.2. The first-order valence-corrected chi connectivity index (χ1v) is 6.62. The molecule has 0 aromatic heterocycles. The molecule has 3 heteroatoms. The van der Waals surface area contributed by atoms with Gasteiger partial charge in [-0.2, -0.15) is 0 Å². The zero-order valence-electron chi connectivity index (χ0n) is 11.2. The van der Waals surface area contributed by atoms with Crippen molar-refractivity contribution in [2.24, 2.45) is 0 Å². The summed E-state index contributed by atoms with van der Waals surface area (Å²) in [5.41, 5.74) is 0.854. The number of carbonyl (C=O) groups is 1. The van der Waals surface area contributed by atoms with E-state index in [1.54, 1.807) is 0 Å². The lowest BCUT2D eigenvalue weighted by Crippen LogP contribution is -2.20. The van der Waals surface area contributed by atoms with Crippen molar-refractivity contribution in [3.63, 3.8) is 0 Å². The molecule has 100 valence electrons. The van der Waals surface area contributed by atoms with E-state index in [2.05, 4.69) is 6.92 Å². The van der Waals surface area contributed by atoms with Crippen molar-refractivity contribution in [2.45, 2.75) is 39.2 Å². The second kappa shape index (κ2) is 8.70. The Morgan fingerprint density at radius 2 is 1.83 bits per heavy atom. The van der Waals surface area contributed by atoms with Gasteiger partial charge in [-0.25, -0.2) is 4.79 Å². The highest BCUT2D eigenvalue weighted by atomic mass is 16.6. The summed E-state index contributed by atoms with van der Waals surface area (Å²) in [5.74, 6) is -0.289. The first-order valence-electron chi connectivity index (χ1n) is 6.62. The maximum Gasteiger partial charge on any atom is 0.339 e. The van der Waals surface area contributed by atoms with Crippen LogP contribution in [0.25, 0.3) is 0 Å². The van der Waals surface area contributed by atoms with Crippen LogP contribution in [0, 0.1) is 0 Å². The number of unbranched alkanes of at least 4 members (excludes halogenated alkanes) is 1. The maximum atomic E-state index is 12.0. The van der Waals surface area contributed by atoms with Gasteiger partial charge in [-0.05, 0) is 18.4 Å². The van der Waals surface area contributed by atoms with Crippen LogP contribution in [0.15, 0.2) is 30.3 Å². The van der Waals surface area contributed by atoms with E-state index in [-0.39, 0.29) is 5.97 Å². The van der Waals surface area contributed by atoms with Crippen molar-refractivity contribution >= 4 is 5.97 Å². The summed E-state index contributed by atoms with van der Waals surface area (Å²) in [5, 5.41) is 0. The topological polar surface area (TPSA) is 35.5 Å². The molecule has 0 aliphatic heterocycles. The zero-order valence-corrected chi connectivity index (χ0v) is 11.2. The van der Waals surface area contributed by atoms with Crippen molar-refractivity contribution in [3.05, 3.63) is 35.9 Å². The molecule has 0 spiro atoms. The lowest BCUT2D eigenvalue weighted by atomic mass is 10.1. The second-order valence-electron chi connectivity index (χ2n) is 4.18. The number of esters is 1. The van der Waals surface area contributed by atoms with Gasteiger partial charge in [-0.15, -0.1) is 0 Å². The lowest BCUT2D eigenvalue weighted by molar-refractivity contribution is -0.158. The van der Waals surface area contributed by atoms with Gasteiger partial charge in [-0.1, -0.05) is 50.6 Å². The molecule has 0 N–H and O–H groups in total. The Labute approximate surface area is 109 Å². The molecule has 1 aromatic rings. The summed E-state index contributed by atoms with van der Waals surface area (Å²) < 4.78 is 10.8. The van der Waals surface area contributed by atoms with E-state index < -0.39 is 6.10 Å². The fraction of sp³-hybridized carbons (Fsp3) is 0.533. The molecule has 1 unspecified atom stereocenters. The highest BCUT2D eigenvalue weighted by Crippen LogP contribution is 2.19. The fourth-order valence-electron chi connectivity index (χ4n) is 1.56. The third-order valence-corrected chi connectivity index (χ3v) is 2.55. The third-order valence-electron chi connectivity index (χ3n) is 2.55. The maximum absolute atomic E-state index is 12.0. The van der Waals surface area contributed by atoms with Gasteiger partial charge in [0.05, 0.1) is 6.61 Å². The number of benzene rings is 1. The standard InChI is InChI=1S/C15H22O3/c1-3-5-12-18-15(16)14(17-11-4-2)13-9-7-6-8-10-13/h6-10,14H,3-5,11-12H2,1-2H3. The van der Waals surface area contributed by atoms with E-state index in [9.17, 15) is 4.79 Å². The quantitative estimate of drug-likeness (QED) is 0.523. The van der Waals surface area contributed by atoms with Crippen molar-refractivity contribution in [2.75, 3.05) is 13.2 Å². The van der Waals surface area contributed by atoms with E-state index >= 15 is 0 Å². The largest absolute Gasteiger partial charge is 0.464 e. The lowest BCUT2D eigenvalue weighted by Gasteiger charge is -2.16. The molecule has 1 atom stereocenters. The molecule has 0 aliphatic rings. The molecule has 0 bridgehead atoms. The van der Waals surface area contributed by atoms with Gasteiger partial charge in [0.2, 0.25) is 0 Å². The summed E-state index contributed by atoms with van der Waals surface area (Å²) >= 11 is 0. The van der Waals surface area contributed by atoms with Crippen LogP contribution in [-0.4, -0.2) is 19.2 Å². The molecule has 3 nitrogen and oxygen atoms in total. The molecule has 0 amide bonds. The Morgan fingerprint density at radius 3 is 2.44 bits per heavy atom. The van der Waals surface area contributed by atoms with Gasteiger partial charge < -0.3 is 9.47 Å². The number of carbonyl (C=O) groups excluding carboxylic acids is 1. The van der Waals surface area contributed by atoms with E-state index in [0.29, 0.717) is 13.2 Å². The molecule has 0 aliphatic carbocycles. The van der Waals surface area contributed by atoms with Crippen molar-refractivity contribution in [1.29, 1.82) is 0 Å². The Kier molecular flexibility index (Phi) is 7.11. The van der Waals surface area contributed by atoms with Crippen LogP contribution >= 0.6 is 0 Å². The third kappa shape index (κ3) is 4.88. The normalized spacial score (nSPS) is 12.1. The summed E-state index contributed by atoms with van der Waals surface area (Å²) in [6.45, 7) is 5.11. The molecular weight excluding hydrogens is 228 g/mol. The van der Waals surface area contributed by atoms with Crippen LogP contribution in [0.2, 0.25) is 0 Å². The van der Waals surface area contributed by atoms with Crippen LogP contribution in [0.3, 0.4) is 0 Å². The van der Waals surface area contributed by atoms with Gasteiger partial charge in [0.1, 0.15) is 0 Å². The van der Waals surface area contributed by atoms with Gasteiger partial charge in [-0.3, -0.25) is 0 Å². The minimum atomic E-state index is -0.594. The van der Waals surface area contributed by atoms with Crippen molar-refractivity contribution in [1.82, 2.24) is 0 Å². The van der Waals surface area contributed by atoms with Gasteiger partial charge in [0.25, 0.3) is 0 Å². The number of rotatable bonds is 8. The molecule has 0 heterocycles. The Balaban J connectivity index is 2.63. The monoisotopic (exact) mass is 250 g/mol. The van der Waals surface area contributed by atoms with E-state index in [0.717, 1.165) is 24.8 Å².